The summed E-state index contributed by atoms with van der Waals surface area (Å²) in [6.45, 7) is 5.58. The monoisotopic (exact) mass is 270 g/mol. The highest BCUT2D eigenvalue weighted by molar-refractivity contribution is 7.09. The molecule has 1 aliphatic heterocycles. The molecule has 0 saturated carbocycles. The smallest absolute Gasteiger partial charge is 0.125 e. The van der Waals surface area contributed by atoms with Crippen molar-refractivity contribution in [2.24, 2.45) is 0 Å². The summed E-state index contributed by atoms with van der Waals surface area (Å²) in [6, 6.07) is 0. The number of nitrogens with one attached hydrogen (secondary N) is 1. The second-order valence-corrected chi connectivity index (χ2v) is 5.49. The lowest BCUT2D eigenvalue weighted by molar-refractivity contribution is -0.0949. The van der Waals surface area contributed by atoms with Crippen molar-refractivity contribution < 1.29 is 9.47 Å². The van der Waals surface area contributed by atoms with Gasteiger partial charge < -0.3 is 14.8 Å². The molecule has 0 amide bonds. The third-order valence-electron chi connectivity index (χ3n) is 3.37. The number of ether oxygens (including phenoxy) is 2. The fourth-order valence-corrected chi connectivity index (χ4v) is 3.25. The molecule has 0 spiro atoms. The second kappa shape index (κ2) is 6.61. The standard InChI is InChI=1S/C13H22N2O2S/c1-3-6-14-9-11-10-18-12(15-11)13(16-2)4-7-17-8-5-13/h10,14H,3-9H2,1-2H3. The SMILES string of the molecule is CCCNCc1csc(C2(OC)CCOCC2)n1. The van der Waals surface area contributed by atoms with Crippen LogP contribution < -0.4 is 5.32 Å². The van der Waals surface area contributed by atoms with Gasteiger partial charge in [0, 0.05) is 45.1 Å². The van der Waals surface area contributed by atoms with Crippen molar-refractivity contribution in [2.75, 3.05) is 26.9 Å². The summed E-state index contributed by atoms with van der Waals surface area (Å²) in [6.07, 6.45) is 2.95. The van der Waals surface area contributed by atoms with Crippen LogP contribution in [0.2, 0.25) is 0 Å². The lowest BCUT2D eigenvalue weighted by Gasteiger charge is -2.33. The number of nitrogens with zero attached hydrogens (tertiary/aromatic N) is 1. The van der Waals surface area contributed by atoms with Gasteiger partial charge in [-0.15, -0.1) is 11.3 Å². The van der Waals surface area contributed by atoms with E-state index in [1.807, 2.05) is 0 Å². The predicted molar refractivity (Wildman–Crippen MR) is 72.9 cm³/mol. The van der Waals surface area contributed by atoms with Crippen LogP contribution in [0.5, 0.6) is 0 Å². The zero-order valence-corrected chi connectivity index (χ0v) is 12.0. The molecule has 1 aromatic heterocycles. The fourth-order valence-electron chi connectivity index (χ4n) is 2.20. The van der Waals surface area contributed by atoms with Gasteiger partial charge in [0.1, 0.15) is 10.6 Å². The van der Waals surface area contributed by atoms with Crippen LogP contribution >= 0.6 is 11.3 Å². The third kappa shape index (κ3) is 3.09. The van der Waals surface area contributed by atoms with E-state index in [0.29, 0.717) is 0 Å². The molecule has 0 aliphatic carbocycles. The Kier molecular flexibility index (Phi) is 5.12. The van der Waals surface area contributed by atoms with Gasteiger partial charge in [0.2, 0.25) is 0 Å². The summed E-state index contributed by atoms with van der Waals surface area (Å²) in [5, 5.41) is 6.61. The molecule has 1 saturated heterocycles. The van der Waals surface area contributed by atoms with Crippen molar-refractivity contribution in [1.82, 2.24) is 10.3 Å². The Labute approximate surface area is 113 Å². The first kappa shape index (κ1) is 13.9. The van der Waals surface area contributed by atoms with Gasteiger partial charge in [-0.25, -0.2) is 4.98 Å². The van der Waals surface area contributed by atoms with E-state index < -0.39 is 0 Å². The molecular weight excluding hydrogens is 248 g/mol. The van der Waals surface area contributed by atoms with Crippen molar-refractivity contribution in [3.63, 3.8) is 0 Å². The number of hydrogen-bond donors (Lipinski definition) is 1. The highest BCUT2D eigenvalue weighted by Gasteiger charge is 2.37. The number of aromatic nitrogens is 1. The minimum atomic E-state index is -0.216. The Morgan fingerprint density at radius 1 is 1.50 bits per heavy atom. The van der Waals surface area contributed by atoms with E-state index >= 15 is 0 Å². The molecule has 4 nitrogen and oxygen atoms in total. The molecule has 18 heavy (non-hydrogen) atoms. The van der Waals surface area contributed by atoms with E-state index in [2.05, 4.69) is 17.6 Å². The van der Waals surface area contributed by atoms with Gasteiger partial charge in [0.25, 0.3) is 0 Å². The minimum absolute atomic E-state index is 0.216. The van der Waals surface area contributed by atoms with Gasteiger partial charge in [0.15, 0.2) is 0 Å². The molecule has 0 aromatic carbocycles. The maximum absolute atomic E-state index is 5.75. The molecule has 0 atom stereocenters. The van der Waals surface area contributed by atoms with Crippen LogP contribution in [0.4, 0.5) is 0 Å². The minimum Gasteiger partial charge on any atom is -0.381 e. The van der Waals surface area contributed by atoms with Crippen molar-refractivity contribution in [3.05, 3.63) is 16.1 Å². The second-order valence-electron chi connectivity index (χ2n) is 4.63. The molecule has 0 unspecified atom stereocenters. The van der Waals surface area contributed by atoms with Crippen LogP contribution in [0.1, 0.15) is 36.9 Å². The molecule has 102 valence electrons. The Hall–Kier alpha value is -0.490. The number of rotatable bonds is 6. The molecule has 2 rings (SSSR count). The Bertz CT molecular complexity index is 362. The highest BCUT2D eigenvalue weighted by atomic mass is 32.1. The van der Waals surface area contributed by atoms with E-state index in [9.17, 15) is 0 Å². The van der Waals surface area contributed by atoms with Crippen LogP contribution in [-0.4, -0.2) is 31.9 Å². The summed E-state index contributed by atoms with van der Waals surface area (Å²) >= 11 is 1.71. The Balaban J connectivity index is 2.02. The molecule has 1 fully saturated rings. The average Bonchev–Trinajstić information content (AvgIpc) is 2.89. The summed E-state index contributed by atoms with van der Waals surface area (Å²) < 4.78 is 11.2. The van der Waals surface area contributed by atoms with Crippen LogP contribution in [0.15, 0.2) is 5.38 Å². The molecule has 1 N–H and O–H groups in total. The van der Waals surface area contributed by atoms with E-state index in [0.717, 1.165) is 56.3 Å². The molecule has 0 radical (unpaired) electrons. The quantitative estimate of drug-likeness (QED) is 0.806. The molecule has 2 heterocycles. The van der Waals surface area contributed by atoms with E-state index in [1.165, 1.54) is 0 Å². The molecule has 1 aromatic rings. The highest BCUT2D eigenvalue weighted by Crippen LogP contribution is 2.37. The molecule has 1 aliphatic rings. The van der Waals surface area contributed by atoms with E-state index in [-0.39, 0.29) is 5.60 Å². The van der Waals surface area contributed by atoms with Gasteiger partial charge in [-0.05, 0) is 13.0 Å². The first-order valence-corrected chi connectivity index (χ1v) is 7.47. The van der Waals surface area contributed by atoms with Crippen LogP contribution in [0.3, 0.4) is 0 Å². The summed E-state index contributed by atoms with van der Waals surface area (Å²) in [5.41, 5.74) is 0.901. The van der Waals surface area contributed by atoms with Gasteiger partial charge in [-0.3, -0.25) is 0 Å². The average molecular weight is 270 g/mol. The van der Waals surface area contributed by atoms with Gasteiger partial charge >= 0.3 is 0 Å². The largest absolute Gasteiger partial charge is 0.381 e. The molecular formula is C13H22N2O2S. The maximum Gasteiger partial charge on any atom is 0.125 e. The third-order valence-corrected chi connectivity index (χ3v) is 4.44. The zero-order chi connectivity index (χ0) is 12.8. The fraction of sp³-hybridized carbons (Fsp3) is 0.769. The maximum atomic E-state index is 5.75. The predicted octanol–water partition coefficient (Wildman–Crippen LogP) is 2.29. The summed E-state index contributed by atoms with van der Waals surface area (Å²) in [5.74, 6) is 0. The van der Waals surface area contributed by atoms with Crippen molar-refractivity contribution in [2.45, 2.75) is 38.3 Å². The molecule has 0 bridgehead atoms. The van der Waals surface area contributed by atoms with Crippen molar-refractivity contribution >= 4 is 11.3 Å². The summed E-state index contributed by atoms with van der Waals surface area (Å²) in [4.78, 5) is 4.72. The Morgan fingerprint density at radius 2 is 2.28 bits per heavy atom. The van der Waals surface area contributed by atoms with Crippen LogP contribution in [0, 0.1) is 0 Å². The normalized spacial score (nSPS) is 19.0. The van der Waals surface area contributed by atoms with Crippen molar-refractivity contribution in [1.29, 1.82) is 0 Å². The van der Waals surface area contributed by atoms with Gasteiger partial charge in [0.05, 0.1) is 5.69 Å². The van der Waals surface area contributed by atoms with Crippen molar-refractivity contribution in [3.8, 4) is 0 Å². The first-order chi connectivity index (χ1) is 8.80. The topological polar surface area (TPSA) is 43.4 Å². The Morgan fingerprint density at radius 3 is 2.94 bits per heavy atom. The van der Waals surface area contributed by atoms with E-state index in [4.69, 9.17) is 14.5 Å². The lowest BCUT2D eigenvalue weighted by Crippen LogP contribution is -2.35. The van der Waals surface area contributed by atoms with Gasteiger partial charge in [-0.1, -0.05) is 6.92 Å². The van der Waals surface area contributed by atoms with E-state index in [1.54, 1.807) is 18.4 Å². The summed E-state index contributed by atoms with van der Waals surface area (Å²) in [7, 11) is 1.78. The lowest BCUT2D eigenvalue weighted by atomic mass is 9.95. The number of methoxy groups -OCH3 is 1. The van der Waals surface area contributed by atoms with Crippen LogP contribution in [0.25, 0.3) is 0 Å². The number of thiazole rings is 1. The first-order valence-electron chi connectivity index (χ1n) is 6.59. The number of hydrogen-bond acceptors (Lipinski definition) is 5. The van der Waals surface area contributed by atoms with Crippen LogP contribution in [-0.2, 0) is 21.6 Å². The van der Waals surface area contributed by atoms with Gasteiger partial charge in [-0.2, -0.15) is 0 Å². The zero-order valence-electron chi connectivity index (χ0n) is 11.2. The molecule has 5 heteroatoms.